The lowest BCUT2D eigenvalue weighted by atomic mass is 10.1. The first-order valence-corrected chi connectivity index (χ1v) is 10.7. The van der Waals surface area contributed by atoms with Crippen LogP contribution < -0.4 is 21.7 Å². The Bertz CT molecular complexity index is 705. The Balaban J connectivity index is 5.20. The summed E-state index contributed by atoms with van der Waals surface area (Å²) in [6, 6.07) is -5.92. The van der Waals surface area contributed by atoms with E-state index >= 15 is 0 Å². The molecule has 0 rings (SSSR count). The molecule has 9 N–H and O–H groups in total. The van der Waals surface area contributed by atoms with Crippen LogP contribution in [-0.2, 0) is 28.8 Å². The summed E-state index contributed by atoms with van der Waals surface area (Å²) in [5.41, 5.74) is 5.53. The second kappa shape index (κ2) is 15.0. The lowest BCUT2D eigenvalue weighted by molar-refractivity contribution is -0.143. The Morgan fingerprint density at radius 3 is 1.81 bits per heavy atom. The minimum absolute atomic E-state index is 0.0836. The van der Waals surface area contributed by atoms with Crippen LogP contribution >= 0.6 is 11.8 Å². The third kappa shape index (κ3) is 11.5. The standard InChI is InChI=1S/C17H28N4O10S/c1-32-5-4-9(17(30)31)19-16(29)11(7-22)21-15(28)10(6-13(25)26)20-14(27)8(18)2-3-12(23)24/h8-11,22H,2-7,18H2,1H3,(H,19,29)(H,20,27)(H,21,28)(H,23,24)(H,25,26)(H,30,31). The monoisotopic (exact) mass is 480 g/mol. The van der Waals surface area contributed by atoms with Crippen LogP contribution in [0.1, 0.15) is 25.7 Å². The lowest BCUT2D eigenvalue weighted by Crippen LogP contribution is -2.58. The SMILES string of the molecule is CSCCC(NC(=O)C(CO)NC(=O)C(CC(=O)O)NC(=O)C(N)CCC(=O)O)C(=O)O. The van der Waals surface area contributed by atoms with Gasteiger partial charge in [0.05, 0.1) is 19.1 Å². The number of carbonyl (C=O) groups excluding carboxylic acids is 3. The molecule has 0 bridgehead atoms. The zero-order valence-electron chi connectivity index (χ0n) is 17.3. The number of carboxylic acid groups (broad SMARTS) is 3. The molecule has 0 aromatic rings. The Labute approximate surface area is 187 Å². The van der Waals surface area contributed by atoms with Crippen LogP contribution in [0.15, 0.2) is 0 Å². The van der Waals surface area contributed by atoms with E-state index in [1.807, 2.05) is 0 Å². The van der Waals surface area contributed by atoms with Crippen LogP contribution in [0.25, 0.3) is 0 Å². The third-order valence-electron chi connectivity index (χ3n) is 4.06. The maximum Gasteiger partial charge on any atom is 0.326 e. The zero-order chi connectivity index (χ0) is 24.8. The summed E-state index contributed by atoms with van der Waals surface area (Å²) in [4.78, 5) is 69.6. The number of aliphatic carboxylic acids is 3. The molecule has 0 aliphatic rings. The van der Waals surface area contributed by atoms with E-state index in [9.17, 15) is 33.9 Å². The highest BCUT2D eigenvalue weighted by molar-refractivity contribution is 7.98. The van der Waals surface area contributed by atoms with E-state index in [1.54, 1.807) is 6.26 Å². The van der Waals surface area contributed by atoms with E-state index < -0.39 is 79.2 Å². The molecular weight excluding hydrogens is 452 g/mol. The van der Waals surface area contributed by atoms with Gasteiger partial charge < -0.3 is 42.1 Å². The number of hydrogen-bond acceptors (Lipinski definition) is 9. The maximum atomic E-state index is 12.4. The van der Waals surface area contributed by atoms with Gasteiger partial charge in [0, 0.05) is 6.42 Å². The van der Waals surface area contributed by atoms with Crippen molar-refractivity contribution in [1.82, 2.24) is 16.0 Å². The second-order valence-electron chi connectivity index (χ2n) is 6.62. The molecule has 0 heterocycles. The number of aliphatic hydroxyl groups is 1. The molecule has 15 heteroatoms. The number of nitrogens with two attached hydrogens (primary N) is 1. The average Bonchev–Trinajstić information content (AvgIpc) is 2.71. The van der Waals surface area contributed by atoms with E-state index in [-0.39, 0.29) is 12.8 Å². The van der Waals surface area contributed by atoms with Crippen LogP contribution in [0.2, 0.25) is 0 Å². The minimum Gasteiger partial charge on any atom is -0.481 e. The Morgan fingerprint density at radius 2 is 1.34 bits per heavy atom. The fourth-order valence-electron chi connectivity index (χ4n) is 2.30. The van der Waals surface area contributed by atoms with Gasteiger partial charge in [0.15, 0.2) is 0 Å². The number of carboxylic acids is 3. The number of rotatable bonds is 16. The predicted octanol–water partition coefficient (Wildman–Crippen LogP) is -3.06. The van der Waals surface area contributed by atoms with Crippen molar-refractivity contribution in [3.63, 3.8) is 0 Å². The molecule has 0 aliphatic heterocycles. The molecule has 0 radical (unpaired) electrons. The van der Waals surface area contributed by atoms with Crippen molar-refractivity contribution >= 4 is 47.4 Å². The molecule has 0 aliphatic carbocycles. The number of carbonyl (C=O) groups is 6. The minimum atomic E-state index is -1.69. The molecule has 0 aromatic carbocycles. The number of hydrogen-bond donors (Lipinski definition) is 8. The molecule has 4 atom stereocenters. The van der Waals surface area contributed by atoms with Gasteiger partial charge >= 0.3 is 17.9 Å². The summed E-state index contributed by atoms with van der Waals surface area (Å²) in [5.74, 6) is -6.73. The van der Waals surface area contributed by atoms with Gasteiger partial charge in [-0.3, -0.25) is 24.0 Å². The van der Waals surface area contributed by atoms with Gasteiger partial charge in [0.2, 0.25) is 17.7 Å². The highest BCUT2D eigenvalue weighted by Crippen LogP contribution is 2.03. The summed E-state index contributed by atoms with van der Waals surface area (Å²) in [6.45, 7) is -0.932. The molecule has 182 valence electrons. The second-order valence-corrected chi connectivity index (χ2v) is 7.61. The predicted molar refractivity (Wildman–Crippen MR) is 111 cm³/mol. The van der Waals surface area contributed by atoms with Gasteiger partial charge in [0.25, 0.3) is 0 Å². The largest absolute Gasteiger partial charge is 0.481 e. The van der Waals surface area contributed by atoms with E-state index in [0.29, 0.717) is 5.75 Å². The van der Waals surface area contributed by atoms with Gasteiger partial charge in [-0.15, -0.1) is 0 Å². The van der Waals surface area contributed by atoms with Crippen molar-refractivity contribution in [3.05, 3.63) is 0 Å². The van der Waals surface area contributed by atoms with E-state index in [2.05, 4.69) is 16.0 Å². The summed E-state index contributed by atoms with van der Waals surface area (Å²) in [6.07, 6.45) is 0.228. The van der Waals surface area contributed by atoms with Crippen molar-refractivity contribution in [2.45, 2.75) is 49.9 Å². The zero-order valence-corrected chi connectivity index (χ0v) is 18.1. The summed E-state index contributed by atoms with van der Waals surface area (Å²) in [7, 11) is 0. The van der Waals surface area contributed by atoms with E-state index in [1.165, 1.54) is 11.8 Å². The molecule has 0 fully saturated rings. The number of nitrogens with one attached hydrogen (secondary N) is 3. The van der Waals surface area contributed by atoms with Crippen molar-refractivity contribution in [1.29, 1.82) is 0 Å². The summed E-state index contributed by atoms with van der Waals surface area (Å²) < 4.78 is 0. The van der Waals surface area contributed by atoms with E-state index in [0.717, 1.165) is 0 Å². The maximum absolute atomic E-state index is 12.4. The summed E-state index contributed by atoms with van der Waals surface area (Å²) >= 11 is 1.35. The fourth-order valence-corrected chi connectivity index (χ4v) is 2.78. The van der Waals surface area contributed by atoms with Gasteiger partial charge in [-0.2, -0.15) is 11.8 Å². The number of thioether (sulfide) groups is 1. The Hall–Kier alpha value is -2.91. The molecule has 0 saturated carbocycles. The first kappa shape index (κ1) is 29.1. The van der Waals surface area contributed by atoms with Crippen LogP contribution in [0.3, 0.4) is 0 Å². The first-order chi connectivity index (χ1) is 14.9. The molecular formula is C17H28N4O10S. The average molecular weight is 480 g/mol. The van der Waals surface area contributed by atoms with Gasteiger partial charge in [0.1, 0.15) is 18.1 Å². The highest BCUT2D eigenvalue weighted by Gasteiger charge is 2.31. The smallest absolute Gasteiger partial charge is 0.326 e. The molecule has 0 spiro atoms. The van der Waals surface area contributed by atoms with Gasteiger partial charge in [-0.1, -0.05) is 0 Å². The van der Waals surface area contributed by atoms with Gasteiger partial charge in [-0.05, 0) is 24.9 Å². The normalized spacial score (nSPS) is 14.3. The van der Waals surface area contributed by atoms with E-state index in [4.69, 9.17) is 21.1 Å². The molecule has 3 amide bonds. The number of amides is 3. The molecule has 14 nitrogen and oxygen atoms in total. The fraction of sp³-hybridized carbons (Fsp3) is 0.647. The number of aliphatic hydroxyl groups excluding tert-OH is 1. The quantitative estimate of drug-likeness (QED) is 0.110. The third-order valence-corrected chi connectivity index (χ3v) is 4.70. The molecule has 32 heavy (non-hydrogen) atoms. The van der Waals surface area contributed by atoms with Crippen LogP contribution in [-0.4, -0.2) is 98.8 Å². The molecule has 4 unspecified atom stereocenters. The van der Waals surface area contributed by atoms with Crippen LogP contribution in [0.4, 0.5) is 0 Å². The lowest BCUT2D eigenvalue weighted by Gasteiger charge is -2.23. The molecule has 0 saturated heterocycles. The van der Waals surface area contributed by atoms with Crippen molar-refractivity contribution < 1.29 is 49.2 Å². The van der Waals surface area contributed by atoms with Crippen LogP contribution in [0.5, 0.6) is 0 Å². The van der Waals surface area contributed by atoms with Crippen molar-refractivity contribution in [3.8, 4) is 0 Å². The van der Waals surface area contributed by atoms with Crippen LogP contribution in [0, 0.1) is 0 Å². The Kier molecular flexibility index (Phi) is 13.6. The highest BCUT2D eigenvalue weighted by atomic mass is 32.2. The molecule has 0 aromatic heterocycles. The summed E-state index contributed by atoms with van der Waals surface area (Å²) in [5, 5.41) is 42.5. The first-order valence-electron chi connectivity index (χ1n) is 9.35. The van der Waals surface area contributed by atoms with Crippen molar-refractivity contribution in [2.24, 2.45) is 5.73 Å². The Morgan fingerprint density at radius 1 is 0.812 bits per heavy atom. The van der Waals surface area contributed by atoms with Crippen molar-refractivity contribution in [2.75, 3.05) is 18.6 Å². The van der Waals surface area contributed by atoms with Gasteiger partial charge in [-0.25, -0.2) is 4.79 Å². The topological polar surface area (TPSA) is 245 Å².